The molecule has 3 nitrogen and oxygen atoms in total. The zero-order valence-corrected chi connectivity index (χ0v) is 10.2. The Labute approximate surface area is 106 Å². The molecule has 2 fully saturated rings. The summed E-state index contributed by atoms with van der Waals surface area (Å²) < 4.78 is 11.5. The fourth-order valence-electron chi connectivity index (χ4n) is 3.74. The molecule has 2 bridgehead atoms. The van der Waals surface area contributed by atoms with Crippen LogP contribution in [0.3, 0.4) is 0 Å². The molecular weight excluding hydrogens is 228 g/mol. The lowest BCUT2D eigenvalue weighted by atomic mass is 9.85. The van der Waals surface area contributed by atoms with E-state index in [1.165, 1.54) is 6.42 Å². The molecule has 1 aromatic carbocycles. The van der Waals surface area contributed by atoms with Crippen molar-refractivity contribution in [1.29, 1.82) is 0 Å². The van der Waals surface area contributed by atoms with Crippen molar-refractivity contribution in [2.75, 3.05) is 0 Å². The summed E-state index contributed by atoms with van der Waals surface area (Å²) in [5.41, 5.74) is 0. The first-order valence-corrected chi connectivity index (χ1v) is 6.77. The minimum atomic E-state index is -0.268. The first-order valence-electron chi connectivity index (χ1n) is 6.77. The van der Waals surface area contributed by atoms with Gasteiger partial charge in [0.05, 0.1) is 0 Å². The van der Waals surface area contributed by atoms with Gasteiger partial charge in [-0.2, -0.15) is 0 Å². The van der Waals surface area contributed by atoms with Crippen molar-refractivity contribution in [3.63, 3.8) is 0 Å². The second kappa shape index (κ2) is 3.74. The highest BCUT2D eigenvalue weighted by Crippen LogP contribution is 2.48. The molecule has 3 atom stereocenters. The molecule has 0 amide bonds. The highest BCUT2D eigenvalue weighted by Gasteiger charge is 2.48. The summed E-state index contributed by atoms with van der Waals surface area (Å²) in [6.07, 6.45) is 3.86. The number of rotatable bonds is 2. The lowest BCUT2D eigenvalue weighted by molar-refractivity contribution is -0.127. The van der Waals surface area contributed by atoms with Crippen LogP contribution in [0.5, 0.6) is 11.5 Å². The smallest absolute Gasteiger partial charge is 0.242 e. The molecule has 2 aliphatic carbocycles. The summed E-state index contributed by atoms with van der Waals surface area (Å²) in [4.78, 5) is 12.1. The average molecular weight is 244 g/mol. The van der Waals surface area contributed by atoms with Crippen LogP contribution in [0, 0.1) is 17.8 Å². The maximum Gasteiger partial charge on any atom is 0.242 e. The number of fused-ring (bicyclic) bond motifs is 3. The third kappa shape index (κ3) is 1.46. The molecule has 94 valence electrons. The predicted octanol–water partition coefficient (Wildman–Crippen LogP) is 2.79. The molecule has 1 aromatic rings. The molecule has 18 heavy (non-hydrogen) atoms. The lowest BCUT2D eigenvalue weighted by Gasteiger charge is -2.22. The molecule has 0 saturated heterocycles. The Bertz CT molecular complexity index is 471. The van der Waals surface area contributed by atoms with Gasteiger partial charge >= 0.3 is 0 Å². The lowest BCUT2D eigenvalue weighted by Crippen LogP contribution is -2.30. The number of para-hydroxylation sites is 2. The van der Waals surface area contributed by atoms with E-state index in [0.717, 1.165) is 24.3 Å². The zero-order chi connectivity index (χ0) is 12.1. The van der Waals surface area contributed by atoms with E-state index < -0.39 is 0 Å². The molecule has 0 N–H and O–H groups in total. The second-order valence-corrected chi connectivity index (χ2v) is 5.63. The highest BCUT2D eigenvalue weighted by molar-refractivity contribution is 5.86. The summed E-state index contributed by atoms with van der Waals surface area (Å²) in [5, 5.41) is 0. The van der Waals surface area contributed by atoms with Gasteiger partial charge in [-0.3, -0.25) is 4.79 Å². The number of ketones is 1. The molecule has 0 aromatic heterocycles. The Kier molecular flexibility index (Phi) is 2.16. The van der Waals surface area contributed by atoms with Crippen molar-refractivity contribution >= 4 is 5.78 Å². The van der Waals surface area contributed by atoms with Crippen molar-refractivity contribution in [2.24, 2.45) is 17.8 Å². The summed E-state index contributed by atoms with van der Waals surface area (Å²) >= 11 is 0. The number of carbonyl (C=O) groups excluding carboxylic acids is 1. The van der Waals surface area contributed by atoms with Crippen LogP contribution < -0.4 is 9.47 Å². The van der Waals surface area contributed by atoms with Crippen LogP contribution in [-0.4, -0.2) is 12.1 Å². The summed E-state index contributed by atoms with van der Waals surface area (Å²) in [6, 6.07) is 7.70. The zero-order valence-electron chi connectivity index (χ0n) is 10.2. The molecule has 1 aliphatic heterocycles. The van der Waals surface area contributed by atoms with E-state index >= 15 is 0 Å². The maximum absolute atomic E-state index is 12.1. The molecule has 0 unspecified atom stereocenters. The SMILES string of the molecule is O=C1[C@H]2CC[C@H](C2)[C@H]1CC1Oc2ccccc2O1. The minimum Gasteiger partial charge on any atom is -0.451 e. The molecule has 4 rings (SSSR count). The normalized spacial score (nSPS) is 33.3. The van der Waals surface area contributed by atoms with Crippen LogP contribution in [0.25, 0.3) is 0 Å². The third-order valence-electron chi connectivity index (χ3n) is 4.62. The fourth-order valence-corrected chi connectivity index (χ4v) is 3.74. The van der Waals surface area contributed by atoms with E-state index in [2.05, 4.69) is 0 Å². The number of benzene rings is 1. The molecule has 0 radical (unpaired) electrons. The van der Waals surface area contributed by atoms with Crippen LogP contribution in [0.2, 0.25) is 0 Å². The molecular formula is C15H16O3. The predicted molar refractivity (Wildman–Crippen MR) is 65.4 cm³/mol. The van der Waals surface area contributed by atoms with Crippen molar-refractivity contribution in [2.45, 2.75) is 32.0 Å². The molecule has 0 spiro atoms. The number of hydrogen-bond acceptors (Lipinski definition) is 3. The van der Waals surface area contributed by atoms with Gasteiger partial charge in [0.25, 0.3) is 0 Å². The standard InChI is InChI=1S/C15H16O3/c16-15-10-6-5-9(7-10)11(15)8-14-17-12-3-1-2-4-13(12)18-14/h1-4,9-11,14H,5-8H2/t9-,10+,11-/m1/s1. The van der Waals surface area contributed by atoms with Gasteiger partial charge in [-0.25, -0.2) is 0 Å². The van der Waals surface area contributed by atoms with Gasteiger partial charge in [0, 0.05) is 18.3 Å². The Morgan fingerprint density at radius 3 is 2.44 bits per heavy atom. The Balaban J connectivity index is 1.47. The van der Waals surface area contributed by atoms with Gasteiger partial charge in [0.15, 0.2) is 11.5 Å². The summed E-state index contributed by atoms with van der Waals surface area (Å²) in [6.45, 7) is 0. The van der Waals surface area contributed by atoms with Gasteiger partial charge in [0.2, 0.25) is 6.29 Å². The summed E-state index contributed by atoms with van der Waals surface area (Å²) in [7, 11) is 0. The van der Waals surface area contributed by atoms with E-state index in [0.29, 0.717) is 24.0 Å². The molecule has 3 aliphatic rings. The van der Waals surface area contributed by atoms with Crippen molar-refractivity contribution in [3.8, 4) is 11.5 Å². The minimum absolute atomic E-state index is 0.170. The van der Waals surface area contributed by atoms with Gasteiger partial charge in [0.1, 0.15) is 5.78 Å². The fraction of sp³-hybridized carbons (Fsp3) is 0.533. The van der Waals surface area contributed by atoms with Gasteiger partial charge in [-0.05, 0) is 37.3 Å². The van der Waals surface area contributed by atoms with Crippen LogP contribution in [0.15, 0.2) is 24.3 Å². The van der Waals surface area contributed by atoms with E-state index in [-0.39, 0.29) is 12.2 Å². The van der Waals surface area contributed by atoms with Crippen LogP contribution in [-0.2, 0) is 4.79 Å². The van der Waals surface area contributed by atoms with Gasteiger partial charge in [-0.1, -0.05) is 12.1 Å². The Morgan fingerprint density at radius 2 is 1.83 bits per heavy atom. The van der Waals surface area contributed by atoms with Crippen molar-refractivity contribution in [1.82, 2.24) is 0 Å². The highest BCUT2D eigenvalue weighted by atomic mass is 16.7. The molecule has 3 heteroatoms. The molecule has 2 saturated carbocycles. The first kappa shape index (κ1) is 10.4. The number of hydrogen-bond donors (Lipinski definition) is 0. The van der Waals surface area contributed by atoms with E-state index in [9.17, 15) is 4.79 Å². The largest absolute Gasteiger partial charge is 0.451 e. The van der Waals surface area contributed by atoms with E-state index in [1.807, 2.05) is 24.3 Å². The monoisotopic (exact) mass is 244 g/mol. The molecule has 1 heterocycles. The quantitative estimate of drug-likeness (QED) is 0.802. The van der Waals surface area contributed by atoms with Gasteiger partial charge < -0.3 is 9.47 Å². The first-order chi connectivity index (χ1) is 8.81. The van der Waals surface area contributed by atoms with E-state index in [4.69, 9.17) is 9.47 Å². The van der Waals surface area contributed by atoms with Crippen LogP contribution in [0.4, 0.5) is 0 Å². The summed E-state index contributed by atoms with van der Waals surface area (Å²) in [5.74, 6) is 3.15. The maximum atomic E-state index is 12.1. The third-order valence-corrected chi connectivity index (χ3v) is 4.62. The van der Waals surface area contributed by atoms with Gasteiger partial charge in [-0.15, -0.1) is 0 Å². The number of ether oxygens (including phenoxy) is 2. The van der Waals surface area contributed by atoms with Crippen molar-refractivity contribution in [3.05, 3.63) is 24.3 Å². The van der Waals surface area contributed by atoms with Crippen molar-refractivity contribution < 1.29 is 14.3 Å². The number of carbonyl (C=O) groups is 1. The average Bonchev–Trinajstić information content (AvgIpc) is 3.05. The van der Waals surface area contributed by atoms with E-state index in [1.54, 1.807) is 0 Å². The second-order valence-electron chi connectivity index (χ2n) is 5.63. The Hall–Kier alpha value is -1.51. The van der Waals surface area contributed by atoms with Crippen LogP contribution in [0.1, 0.15) is 25.7 Å². The van der Waals surface area contributed by atoms with Crippen LogP contribution >= 0.6 is 0 Å². The topological polar surface area (TPSA) is 35.5 Å². The number of Topliss-reactive ketones (excluding diaryl/α,β-unsaturated/α-hetero) is 1. The Morgan fingerprint density at radius 1 is 1.11 bits per heavy atom.